The zero-order valence-corrected chi connectivity index (χ0v) is 14.7. The molecule has 11 nitrogen and oxygen atoms in total. The van der Waals surface area contributed by atoms with Crippen molar-refractivity contribution in [1.82, 2.24) is 0 Å². The van der Waals surface area contributed by atoms with Gasteiger partial charge in [-0.25, -0.2) is 4.79 Å². The normalized spacial score (nSPS) is 10.7. The Labute approximate surface area is 149 Å². The molecule has 0 amide bonds. The van der Waals surface area contributed by atoms with Crippen LogP contribution in [0.25, 0.3) is 0 Å². The maximum atomic E-state index is 11.8. The largest absolute Gasteiger partial charge is 0.493 e. The second-order valence-corrected chi connectivity index (χ2v) is 4.72. The molecule has 1 aromatic carbocycles. The lowest BCUT2D eigenvalue weighted by molar-refractivity contribution is -0.384. The number of hydrazone groups is 1. The smallest absolute Gasteiger partial charge is 0.354 e. The van der Waals surface area contributed by atoms with Gasteiger partial charge >= 0.3 is 11.9 Å². The molecule has 1 aromatic rings. The molecule has 0 heterocycles. The minimum absolute atomic E-state index is 0.0351. The van der Waals surface area contributed by atoms with Crippen molar-refractivity contribution in [3.63, 3.8) is 0 Å². The van der Waals surface area contributed by atoms with Crippen LogP contribution in [0.15, 0.2) is 17.2 Å². The summed E-state index contributed by atoms with van der Waals surface area (Å²) in [6.45, 7) is 0. The summed E-state index contributed by atoms with van der Waals surface area (Å²) in [6, 6.07) is 2.46. The molecule has 11 heteroatoms. The fourth-order valence-corrected chi connectivity index (χ4v) is 1.88. The Morgan fingerprint density at radius 2 is 1.69 bits per heavy atom. The predicted octanol–water partition coefficient (Wildman–Crippen LogP) is 1.51. The van der Waals surface area contributed by atoms with Crippen LogP contribution in [0.2, 0.25) is 0 Å². The quantitative estimate of drug-likeness (QED) is 0.297. The highest BCUT2D eigenvalue weighted by Gasteiger charge is 2.21. The lowest BCUT2D eigenvalue weighted by Gasteiger charge is -2.11. The maximum Gasteiger partial charge on any atom is 0.354 e. The zero-order valence-electron chi connectivity index (χ0n) is 14.7. The van der Waals surface area contributed by atoms with Crippen molar-refractivity contribution in [3.05, 3.63) is 22.2 Å². The van der Waals surface area contributed by atoms with Crippen molar-refractivity contribution < 1.29 is 33.5 Å². The van der Waals surface area contributed by atoms with Crippen LogP contribution < -0.4 is 14.9 Å². The van der Waals surface area contributed by atoms with E-state index in [1.54, 1.807) is 0 Å². The topological polar surface area (TPSA) is 139 Å². The molecule has 0 fully saturated rings. The number of rotatable bonds is 9. The van der Waals surface area contributed by atoms with Crippen LogP contribution in [0.4, 0.5) is 11.4 Å². The van der Waals surface area contributed by atoms with Crippen molar-refractivity contribution in [2.75, 3.05) is 33.9 Å². The Balaban J connectivity index is 3.19. The molecule has 0 unspecified atom stereocenters. The van der Waals surface area contributed by atoms with E-state index in [4.69, 9.17) is 9.47 Å². The molecule has 1 rings (SSSR count). The van der Waals surface area contributed by atoms with Crippen molar-refractivity contribution >= 4 is 29.0 Å². The molecule has 0 saturated carbocycles. The van der Waals surface area contributed by atoms with Crippen LogP contribution in [0.3, 0.4) is 0 Å². The molecular weight excluding hydrogens is 350 g/mol. The number of anilines is 1. The molecule has 0 saturated heterocycles. The molecular formula is C15H19N3O8. The summed E-state index contributed by atoms with van der Waals surface area (Å²) in [5.74, 6) is -0.944. The van der Waals surface area contributed by atoms with E-state index < -0.39 is 16.9 Å². The van der Waals surface area contributed by atoms with Gasteiger partial charge in [-0.2, -0.15) is 5.10 Å². The summed E-state index contributed by atoms with van der Waals surface area (Å²) >= 11 is 0. The molecule has 1 N–H and O–H groups in total. The predicted molar refractivity (Wildman–Crippen MR) is 90.5 cm³/mol. The summed E-state index contributed by atoms with van der Waals surface area (Å²) in [5, 5.41) is 15.1. The Hall–Kier alpha value is -3.37. The second-order valence-electron chi connectivity index (χ2n) is 4.72. The van der Waals surface area contributed by atoms with Crippen LogP contribution >= 0.6 is 0 Å². The minimum atomic E-state index is -0.787. The Morgan fingerprint density at radius 1 is 1.08 bits per heavy atom. The Bertz CT molecular complexity index is 717. The standard InChI is InChI=1S/C15H19N3O8/c1-23-12-7-10(11(18(21)22)8-13(12)24-2)17-16-9(15(20)26-4)5-6-14(19)25-3/h7-8,17H,5-6H2,1-4H3/b16-9+. The number of methoxy groups -OCH3 is 4. The number of nitro benzene ring substituents is 1. The van der Waals surface area contributed by atoms with Gasteiger partial charge in [0.2, 0.25) is 0 Å². The third-order valence-corrected chi connectivity index (χ3v) is 3.22. The van der Waals surface area contributed by atoms with Gasteiger partial charge < -0.3 is 18.9 Å². The van der Waals surface area contributed by atoms with Gasteiger partial charge in [0.05, 0.1) is 45.8 Å². The Kier molecular flexibility index (Phi) is 7.80. The first-order valence-corrected chi connectivity index (χ1v) is 7.26. The molecule has 0 aromatic heterocycles. The second kappa shape index (κ2) is 9.81. The lowest BCUT2D eigenvalue weighted by Crippen LogP contribution is -2.19. The number of hydrogen-bond donors (Lipinski definition) is 1. The molecule has 0 aliphatic carbocycles. The van der Waals surface area contributed by atoms with Gasteiger partial charge in [-0.1, -0.05) is 0 Å². The third-order valence-electron chi connectivity index (χ3n) is 3.22. The van der Waals surface area contributed by atoms with Crippen LogP contribution in [0, 0.1) is 10.1 Å². The summed E-state index contributed by atoms with van der Waals surface area (Å²) in [7, 11) is 5.07. The first kappa shape index (κ1) is 20.7. The molecule has 0 bridgehead atoms. The number of ether oxygens (including phenoxy) is 4. The van der Waals surface area contributed by atoms with Gasteiger partial charge in [-0.3, -0.25) is 20.3 Å². The summed E-state index contributed by atoms with van der Waals surface area (Å²) in [5.41, 5.74) is 1.92. The zero-order chi connectivity index (χ0) is 19.7. The van der Waals surface area contributed by atoms with Gasteiger partial charge in [-0.05, 0) is 0 Å². The van der Waals surface area contributed by atoms with Crippen LogP contribution in [0.1, 0.15) is 12.8 Å². The average molecular weight is 369 g/mol. The van der Waals surface area contributed by atoms with E-state index >= 15 is 0 Å². The van der Waals surface area contributed by atoms with Crippen LogP contribution in [-0.4, -0.2) is 51.0 Å². The van der Waals surface area contributed by atoms with Gasteiger partial charge in [0.1, 0.15) is 11.4 Å². The number of nitrogens with zero attached hydrogens (tertiary/aromatic N) is 2. The molecule has 0 radical (unpaired) electrons. The monoisotopic (exact) mass is 369 g/mol. The third kappa shape index (κ3) is 5.33. The van der Waals surface area contributed by atoms with Crippen molar-refractivity contribution in [2.45, 2.75) is 12.8 Å². The fourth-order valence-electron chi connectivity index (χ4n) is 1.88. The van der Waals surface area contributed by atoms with Gasteiger partial charge in [0.15, 0.2) is 11.5 Å². The molecule has 0 aliphatic rings. The van der Waals surface area contributed by atoms with E-state index in [9.17, 15) is 19.7 Å². The van der Waals surface area contributed by atoms with E-state index in [1.165, 1.54) is 27.4 Å². The van der Waals surface area contributed by atoms with Crippen molar-refractivity contribution in [2.24, 2.45) is 5.10 Å². The maximum absolute atomic E-state index is 11.8. The molecule has 0 spiro atoms. The van der Waals surface area contributed by atoms with Crippen molar-refractivity contribution in [3.8, 4) is 11.5 Å². The summed E-state index contributed by atoms with van der Waals surface area (Å²) in [4.78, 5) is 33.6. The van der Waals surface area contributed by atoms with Gasteiger partial charge in [0.25, 0.3) is 5.69 Å². The number of nitro groups is 1. The highest BCUT2D eigenvalue weighted by atomic mass is 16.6. The number of nitrogens with one attached hydrogen (secondary N) is 1. The highest BCUT2D eigenvalue weighted by Crippen LogP contribution is 2.37. The molecule has 0 atom stereocenters. The molecule has 0 aliphatic heterocycles. The van der Waals surface area contributed by atoms with Crippen LogP contribution in [-0.2, 0) is 19.1 Å². The summed E-state index contributed by atoms with van der Waals surface area (Å²) in [6.07, 6.45) is -0.187. The SMILES string of the molecule is COC(=O)CC/C(=N\Nc1cc(OC)c(OC)cc1[N+](=O)[O-])C(=O)OC. The first-order chi connectivity index (χ1) is 12.4. The van der Waals surface area contributed by atoms with Crippen molar-refractivity contribution in [1.29, 1.82) is 0 Å². The van der Waals surface area contributed by atoms with E-state index in [0.29, 0.717) is 0 Å². The Morgan fingerprint density at radius 3 is 2.19 bits per heavy atom. The van der Waals surface area contributed by atoms with Crippen LogP contribution in [0.5, 0.6) is 11.5 Å². The first-order valence-electron chi connectivity index (χ1n) is 7.26. The summed E-state index contributed by atoms with van der Waals surface area (Å²) < 4.78 is 19.2. The molecule has 142 valence electrons. The number of carbonyl (C=O) groups is 2. The molecule has 26 heavy (non-hydrogen) atoms. The number of esters is 2. The highest BCUT2D eigenvalue weighted by molar-refractivity contribution is 6.36. The van der Waals surface area contributed by atoms with Gasteiger partial charge in [-0.15, -0.1) is 0 Å². The number of carbonyl (C=O) groups excluding carboxylic acids is 2. The fraction of sp³-hybridized carbons (Fsp3) is 0.400. The van der Waals surface area contributed by atoms with Gasteiger partial charge in [0, 0.05) is 12.5 Å². The number of benzene rings is 1. The van der Waals surface area contributed by atoms with E-state index in [-0.39, 0.29) is 41.4 Å². The van der Waals surface area contributed by atoms with E-state index in [2.05, 4.69) is 20.0 Å². The van der Waals surface area contributed by atoms with E-state index in [0.717, 1.165) is 13.2 Å². The van der Waals surface area contributed by atoms with E-state index in [1.807, 2.05) is 0 Å². The number of hydrogen-bond acceptors (Lipinski definition) is 10. The lowest BCUT2D eigenvalue weighted by atomic mass is 10.2. The minimum Gasteiger partial charge on any atom is -0.493 e. The average Bonchev–Trinajstić information content (AvgIpc) is 2.66.